The van der Waals surface area contributed by atoms with Gasteiger partial charge in [0.25, 0.3) is 0 Å². The van der Waals surface area contributed by atoms with Gasteiger partial charge in [-0.25, -0.2) is 4.98 Å². The number of hydrogen-bond acceptors (Lipinski definition) is 6. The summed E-state index contributed by atoms with van der Waals surface area (Å²) in [7, 11) is 0. The Bertz CT molecular complexity index is 842. The number of thiazole rings is 1. The van der Waals surface area contributed by atoms with Gasteiger partial charge in [0.15, 0.2) is 5.13 Å². The van der Waals surface area contributed by atoms with Gasteiger partial charge in [0.2, 0.25) is 5.82 Å². The summed E-state index contributed by atoms with van der Waals surface area (Å²) in [5.41, 5.74) is 4.39. The number of benzene rings is 1. The number of rotatable bonds is 4. The van der Waals surface area contributed by atoms with Crippen molar-refractivity contribution in [3.63, 3.8) is 0 Å². The van der Waals surface area contributed by atoms with Crippen LogP contribution in [0.25, 0.3) is 0 Å². The standard InChI is InChI=1S/C15H14N6S/c1-10-3-4-12(5-11(10)2)18-15-19-13(8-22-15)7-21-9-17-20-14(21)6-16/h3-5,8-9H,7H2,1-2H3,(H,18,19). The molecular weight excluding hydrogens is 296 g/mol. The fourth-order valence-electron chi connectivity index (χ4n) is 2.01. The fourth-order valence-corrected chi connectivity index (χ4v) is 2.73. The molecule has 0 bridgehead atoms. The minimum Gasteiger partial charge on any atom is -0.332 e. The number of aromatic nitrogens is 4. The van der Waals surface area contributed by atoms with Crippen molar-refractivity contribution in [3.8, 4) is 6.07 Å². The Morgan fingerprint density at radius 2 is 2.18 bits per heavy atom. The van der Waals surface area contributed by atoms with Crippen LogP contribution in [-0.4, -0.2) is 19.7 Å². The first-order chi connectivity index (χ1) is 10.7. The molecule has 110 valence electrons. The van der Waals surface area contributed by atoms with E-state index in [0.29, 0.717) is 6.54 Å². The lowest BCUT2D eigenvalue weighted by Gasteiger charge is -2.05. The molecule has 2 heterocycles. The van der Waals surface area contributed by atoms with E-state index in [1.165, 1.54) is 28.8 Å². The van der Waals surface area contributed by atoms with E-state index in [4.69, 9.17) is 5.26 Å². The van der Waals surface area contributed by atoms with Gasteiger partial charge < -0.3 is 5.32 Å². The molecule has 3 rings (SSSR count). The van der Waals surface area contributed by atoms with Crippen molar-refractivity contribution in [2.45, 2.75) is 20.4 Å². The molecule has 0 saturated carbocycles. The van der Waals surface area contributed by atoms with Gasteiger partial charge in [0, 0.05) is 11.1 Å². The van der Waals surface area contributed by atoms with Crippen LogP contribution in [0.3, 0.4) is 0 Å². The van der Waals surface area contributed by atoms with E-state index in [9.17, 15) is 0 Å². The molecule has 0 atom stereocenters. The zero-order valence-electron chi connectivity index (χ0n) is 12.2. The van der Waals surface area contributed by atoms with Crippen molar-refractivity contribution < 1.29 is 0 Å². The van der Waals surface area contributed by atoms with Gasteiger partial charge in [-0.15, -0.1) is 21.5 Å². The minimum absolute atomic E-state index is 0.289. The fraction of sp³-hybridized carbons (Fsp3) is 0.200. The van der Waals surface area contributed by atoms with Gasteiger partial charge >= 0.3 is 0 Å². The highest BCUT2D eigenvalue weighted by Gasteiger charge is 2.07. The summed E-state index contributed by atoms with van der Waals surface area (Å²) in [6, 6.07) is 8.23. The second-order valence-corrected chi connectivity index (χ2v) is 5.82. The summed E-state index contributed by atoms with van der Waals surface area (Å²) in [6.45, 7) is 4.66. The largest absolute Gasteiger partial charge is 0.332 e. The molecule has 6 nitrogen and oxygen atoms in total. The Morgan fingerprint density at radius 3 is 2.95 bits per heavy atom. The van der Waals surface area contributed by atoms with Crippen LogP contribution in [0.5, 0.6) is 0 Å². The van der Waals surface area contributed by atoms with Crippen LogP contribution in [0.2, 0.25) is 0 Å². The highest BCUT2D eigenvalue weighted by Crippen LogP contribution is 2.23. The zero-order valence-corrected chi connectivity index (χ0v) is 13.1. The molecule has 2 aromatic heterocycles. The van der Waals surface area contributed by atoms with Crippen molar-refractivity contribution in [3.05, 3.63) is 52.6 Å². The lowest BCUT2D eigenvalue weighted by molar-refractivity contribution is 0.764. The van der Waals surface area contributed by atoms with Gasteiger partial charge in [0.05, 0.1) is 12.2 Å². The first kappa shape index (κ1) is 14.2. The molecule has 0 aliphatic carbocycles. The van der Waals surface area contributed by atoms with Crippen LogP contribution in [0.15, 0.2) is 29.9 Å². The van der Waals surface area contributed by atoms with Crippen molar-refractivity contribution in [1.82, 2.24) is 19.7 Å². The van der Waals surface area contributed by atoms with Crippen LogP contribution in [-0.2, 0) is 6.54 Å². The molecule has 3 aromatic rings. The molecule has 1 aromatic carbocycles. The highest BCUT2D eigenvalue weighted by atomic mass is 32.1. The predicted octanol–water partition coefficient (Wildman–Crippen LogP) is 3.02. The topological polar surface area (TPSA) is 79.4 Å². The summed E-state index contributed by atoms with van der Waals surface area (Å²) in [6.07, 6.45) is 1.54. The summed E-state index contributed by atoms with van der Waals surface area (Å²) in [5.74, 6) is 0.289. The Hall–Kier alpha value is -2.72. The molecule has 0 saturated heterocycles. The smallest absolute Gasteiger partial charge is 0.235 e. The number of nitrogens with zero attached hydrogens (tertiary/aromatic N) is 5. The lowest BCUT2D eigenvalue weighted by Crippen LogP contribution is -2.02. The predicted molar refractivity (Wildman–Crippen MR) is 85.2 cm³/mol. The monoisotopic (exact) mass is 310 g/mol. The van der Waals surface area contributed by atoms with Crippen molar-refractivity contribution in [1.29, 1.82) is 5.26 Å². The van der Waals surface area contributed by atoms with E-state index in [2.05, 4.69) is 46.5 Å². The third-order valence-corrected chi connectivity index (χ3v) is 4.16. The number of nitriles is 1. The molecule has 0 amide bonds. The molecule has 22 heavy (non-hydrogen) atoms. The normalized spacial score (nSPS) is 10.4. The first-order valence-electron chi connectivity index (χ1n) is 6.72. The van der Waals surface area contributed by atoms with E-state index in [1.54, 1.807) is 4.57 Å². The maximum Gasteiger partial charge on any atom is 0.235 e. The number of hydrogen-bond donors (Lipinski definition) is 1. The van der Waals surface area contributed by atoms with E-state index >= 15 is 0 Å². The molecule has 0 fully saturated rings. The second kappa shape index (κ2) is 5.95. The molecule has 0 radical (unpaired) electrons. The molecule has 0 aliphatic heterocycles. The Labute approximate surface area is 132 Å². The van der Waals surface area contributed by atoms with E-state index < -0.39 is 0 Å². The van der Waals surface area contributed by atoms with Gasteiger partial charge in [-0.1, -0.05) is 6.07 Å². The highest BCUT2D eigenvalue weighted by molar-refractivity contribution is 7.13. The molecule has 1 N–H and O–H groups in total. The third kappa shape index (κ3) is 2.97. The lowest BCUT2D eigenvalue weighted by atomic mass is 10.1. The van der Waals surface area contributed by atoms with E-state index in [1.807, 2.05) is 17.5 Å². The molecule has 7 heteroatoms. The second-order valence-electron chi connectivity index (χ2n) is 4.96. The van der Waals surface area contributed by atoms with Crippen LogP contribution >= 0.6 is 11.3 Å². The number of aryl methyl sites for hydroxylation is 2. The zero-order chi connectivity index (χ0) is 15.5. The van der Waals surface area contributed by atoms with Crippen LogP contribution in [0.4, 0.5) is 10.8 Å². The molecule has 0 spiro atoms. The van der Waals surface area contributed by atoms with E-state index in [-0.39, 0.29) is 5.82 Å². The van der Waals surface area contributed by atoms with Crippen molar-refractivity contribution >= 4 is 22.2 Å². The van der Waals surface area contributed by atoms with Crippen molar-refractivity contribution in [2.75, 3.05) is 5.32 Å². The third-order valence-electron chi connectivity index (χ3n) is 3.36. The Kier molecular flexibility index (Phi) is 3.85. The first-order valence-corrected chi connectivity index (χ1v) is 7.60. The van der Waals surface area contributed by atoms with Gasteiger partial charge in [0.1, 0.15) is 12.4 Å². The Balaban J connectivity index is 1.74. The van der Waals surface area contributed by atoms with E-state index in [0.717, 1.165) is 16.5 Å². The maximum atomic E-state index is 8.93. The SMILES string of the molecule is Cc1ccc(Nc2nc(Cn3cnnc3C#N)cs2)cc1C. The van der Waals surface area contributed by atoms with Crippen LogP contribution in [0, 0.1) is 25.2 Å². The Morgan fingerprint density at radius 1 is 1.32 bits per heavy atom. The summed E-state index contributed by atoms with van der Waals surface area (Å²) in [5, 5.41) is 22.5. The van der Waals surface area contributed by atoms with Crippen LogP contribution < -0.4 is 5.32 Å². The average molecular weight is 310 g/mol. The summed E-state index contributed by atoms with van der Waals surface area (Å²) in [4.78, 5) is 4.53. The quantitative estimate of drug-likeness (QED) is 0.801. The molecular formula is C15H14N6S. The van der Waals surface area contributed by atoms with Crippen LogP contribution in [0.1, 0.15) is 22.6 Å². The van der Waals surface area contributed by atoms with Gasteiger partial charge in [-0.05, 0) is 37.1 Å². The summed E-state index contributed by atoms with van der Waals surface area (Å²) >= 11 is 1.53. The number of nitrogens with one attached hydrogen (secondary N) is 1. The minimum atomic E-state index is 0.289. The summed E-state index contributed by atoms with van der Waals surface area (Å²) < 4.78 is 1.68. The molecule has 0 unspecified atom stereocenters. The number of anilines is 2. The van der Waals surface area contributed by atoms with Gasteiger partial charge in [-0.2, -0.15) is 5.26 Å². The average Bonchev–Trinajstić information content (AvgIpc) is 3.13. The van der Waals surface area contributed by atoms with Gasteiger partial charge in [-0.3, -0.25) is 4.57 Å². The van der Waals surface area contributed by atoms with Crippen molar-refractivity contribution in [2.24, 2.45) is 0 Å². The molecule has 0 aliphatic rings. The maximum absolute atomic E-state index is 8.93.